The Hall–Kier alpha value is -2.04. The first-order chi connectivity index (χ1) is 13.0. The third kappa shape index (κ3) is 4.68. The molecule has 0 radical (unpaired) electrons. The molecule has 0 aliphatic heterocycles. The van der Waals surface area contributed by atoms with Gasteiger partial charge in [-0.15, -0.1) is 11.8 Å². The number of hydrogen-bond acceptors (Lipinski definition) is 3. The van der Waals surface area contributed by atoms with E-state index in [4.69, 9.17) is 4.43 Å². The molecule has 0 amide bonds. The standard InChI is InChI=1S/C21H31NO5Si/c1-21(2,3)28(4,5)27-14-10-13-22-17(19(23)24)15-11-8-6-7-9-12-16(15)18(22)20(25)26/h8-14H2,1-5H3,(H,23,24)(H,25,26). The summed E-state index contributed by atoms with van der Waals surface area (Å²) in [4.78, 5) is 24.0. The van der Waals surface area contributed by atoms with Crippen molar-refractivity contribution in [3.63, 3.8) is 0 Å². The van der Waals surface area contributed by atoms with Crippen molar-refractivity contribution in [1.29, 1.82) is 0 Å². The summed E-state index contributed by atoms with van der Waals surface area (Å²) in [5.74, 6) is 3.88. The molecular formula is C21H31NO5Si. The Kier molecular flexibility index (Phi) is 6.78. The smallest absolute Gasteiger partial charge is 0.352 e. The van der Waals surface area contributed by atoms with Gasteiger partial charge in [0, 0.05) is 26.0 Å². The molecule has 2 rings (SSSR count). The molecule has 6 nitrogen and oxygen atoms in total. The lowest BCUT2D eigenvalue weighted by molar-refractivity contribution is 0.0674. The topological polar surface area (TPSA) is 88.8 Å². The zero-order chi connectivity index (χ0) is 21.1. The quantitative estimate of drug-likeness (QED) is 0.404. The summed E-state index contributed by atoms with van der Waals surface area (Å²) in [6.07, 6.45) is 2.60. The van der Waals surface area contributed by atoms with Crippen LogP contribution in [-0.4, -0.2) is 41.6 Å². The van der Waals surface area contributed by atoms with E-state index in [2.05, 4.69) is 45.7 Å². The van der Waals surface area contributed by atoms with Gasteiger partial charge in [0.1, 0.15) is 11.4 Å². The van der Waals surface area contributed by atoms with Crippen LogP contribution in [0.1, 0.15) is 72.1 Å². The molecule has 1 heterocycles. The fraction of sp³-hybridized carbons (Fsp3) is 0.619. The van der Waals surface area contributed by atoms with E-state index in [9.17, 15) is 19.8 Å². The Balaban J connectivity index is 2.29. The van der Waals surface area contributed by atoms with E-state index in [1.54, 1.807) is 0 Å². The molecule has 0 fully saturated rings. The van der Waals surface area contributed by atoms with Crippen molar-refractivity contribution in [1.82, 2.24) is 4.57 Å². The fourth-order valence-corrected chi connectivity index (χ4v) is 4.38. The first-order valence-corrected chi connectivity index (χ1v) is 12.7. The minimum atomic E-state index is -1.90. The number of aromatic carboxylic acids is 2. The van der Waals surface area contributed by atoms with Crippen LogP contribution in [0.5, 0.6) is 0 Å². The van der Waals surface area contributed by atoms with Gasteiger partial charge in [-0.2, -0.15) is 0 Å². The average Bonchev–Trinajstić information content (AvgIpc) is 2.83. The van der Waals surface area contributed by atoms with Gasteiger partial charge in [-0.3, -0.25) is 0 Å². The molecule has 0 spiro atoms. The summed E-state index contributed by atoms with van der Waals surface area (Å²) in [6, 6.07) is 0. The second-order valence-corrected chi connectivity index (χ2v) is 13.5. The number of fused-ring (bicyclic) bond motifs is 1. The van der Waals surface area contributed by atoms with Crippen LogP contribution in [0.3, 0.4) is 0 Å². The van der Waals surface area contributed by atoms with Crippen LogP contribution in [0, 0.1) is 11.8 Å². The molecule has 154 valence electrons. The zero-order valence-corrected chi connectivity index (χ0v) is 18.5. The number of aromatic nitrogens is 1. The molecule has 1 aliphatic rings. The summed E-state index contributed by atoms with van der Waals surface area (Å²) in [6.45, 7) is 11.6. The SMILES string of the molecule is CC(C)(C)[Si](C)(C)OCCCn1c(C(=O)O)c2c(c1C(=O)O)CCC#CCC2. The Bertz CT molecular complexity index is 773. The highest BCUT2D eigenvalue weighted by Gasteiger charge is 2.37. The Morgan fingerprint density at radius 2 is 1.50 bits per heavy atom. The lowest BCUT2D eigenvalue weighted by Crippen LogP contribution is -2.41. The first kappa shape index (κ1) is 22.2. The van der Waals surface area contributed by atoms with E-state index in [1.807, 2.05) is 0 Å². The lowest BCUT2D eigenvalue weighted by Gasteiger charge is -2.36. The molecule has 7 heteroatoms. The highest BCUT2D eigenvalue weighted by molar-refractivity contribution is 6.74. The summed E-state index contributed by atoms with van der Waals surface area (Å²) in [5, 5.41) is 19.7. The Morgan fingerprint density at radius 3 is 1.89 bits per heavy atom. The van der Waals surface area contributed by atoms with Crippen molar-refractivity contribution >= 4 is 20.3 Å². The van der Waals surface area contributed by atoms with Crippen LogP contribution >= 0.6 is 0 Å². The van der Waals surface area contributed by atoms with Crippen molar-refractivity contribution < 1.29 is 24.2 Å². The highest BCUT2D eigenvalue weighted by atomic mass is 28.4. The molecule has 0 aromatic carbocycles. The number of nitrogens with zero attached hydrogens (tertiary/aromatic N) is 1. The van der Waals surface area contributed by atoms with Gasteiger partial charge in [-0.25, -0.2) is 9.59 Å². The zero-order valence-electron chi connectivity index (χ0n) is 17.5. The molecule has 0 saturated carbocycles. The van der Waals surface area contributed by atoms with Gasteiger partial charge in [0.25, 0.3) is 0 Å². The average molecular weight is 406 g/mol. The second kappa shape index (κ2) is 8.54. The van der Waals surface area contributed by atoms with Gasteiger partial charge in [0.15, 0.2) is 8.32 Å². The molecule has 1 aromatic rings. The second-order valence-electron chi connectivity index (χ2n) is 8.73. The minimum absolute atomic E-state index is 0.0918. The van der Waals surface area contributed by atoms with Crippen LogP contribution in [0.2, 0.25) is 18.1 Å². The third-order valence-electron chi connectivity index (χ3n) is 5.80. The van der Waals surface area contributed by atoms with E-state index in [-0.39, 0.29) is 16.4 Å². The fourth-order valence-electron chi connectivity index (χ4n) is 3.29. The summed E-state index contributed by atoms with van der Waals surface area (Å²) in [7, 11) is -1.90. The van der Waals surface area contributed by atoms with E-state index >= 15 is 0 Å². The molecule has 1 aromatic heterocycles. The molecule has 0 bridgehead atoms. The normalized spacial score (nSPS) is 14.5. The van der Waals surface area contributed by atoms with Crippen molar-refractivity contribution in [3.05, 3.63) is 22.5 Å². The molecule has 0 unspecified atom stereocenters. The Morgan fingerprint density at radius 1 is 1.04 bits per heavy atom. The largest absolute Gasteiger partial charge is 0.477 e. The number of carboxylic acid groups (broad SMARTS) is 2. The Labute approximate surface area is 168 Å². The van der Waals surface area contributed by atoms with Crippen molar-refractivity contribution in [3.8, 4) is 11.8 Å². The van der Waals surface area contributed by atoms with E-state index < -0.39 is 20.3 Å². The third-order valence-corrected chi connectivity index (χ3v) is 10.3. The first-order valence-electron chi connectivity index (χ1n) is 9.78. The maximum atomic E-state index is 12.0. The van der Waals surface area contributed by atoms with Gasteiger partial charge < -0.3 is 19.2 Å². The number of carbonyl (C=O) groups is 2. The maximum absolute atomic E-state index is 12.0. The molecule has 2 N–H and O–H groups in total. The minimum Gasteiger partial charge on any atom is -0.477 e. The van der Waals surface area contributed by atoms with Gasteiger partial charge in [0.05, 0.1) is 0 Å². The van der Waals surface area contributed by atoms with E-state index in [0.717, 1.165) is 0 Å². The van der Waals surface area contributed by atoms with E-state index in [1.165, 1.54) is 4.57 Å². The van der Waals surface area contributed by atoms with Crippen molar-refractivity contribution in [2.24, 2.45) is 0 Å². The van der Waals surface area contributed by atoms with Crippen LogP contribution in [0.15, 0.2) is 0 Å². The van der Waals surface area contributed by atoms with Gasteiger partial charge >= 0.3 is 11.9 Å². The molecular weight excluding hydrogens is 374 g/mol. The predicted octanol–water partition coefficient (Wildman–Crippen LogP) is 4.18. The van der Waals surface area contributed by atoms with Crippen LogP contribution in [0.25, 0.3) is 0 Å². The van der Waals surface area contributed by atoms with Gasteiger partial charge in [0.2, 0.25) is 0 Å². The van der Waals surface area contributed by atoms with Gasteiger partial charge in [-0.05, 0) is 48.5 Å². The molecule has 0 saturated heterocycles. The summed E-state index contributed by atoms with van der Waals surface area (Å²) < 4.78 is 7.64. The molecule has 1 aliphatic carbocycles. The predicted molar refractivity (Wildman–Crippen MR) is 111 cm³/mol. The van der Waals surface area contributed by atoms with Gasteiger partial charge in [-0.1, -0.05) is 20.8 Å². The summed E-state index contributed by atoms with van der Waals surface area (Å²) >= 11 is 0. The molecule has 0 atom stereocenters. The maximum Gasteiger partial charge on any atom is 0.352 e. The monoisotopic (exact) mass is 405 g/mol. The summed E-state index contributed by atoms with van der Waals surface area (Å²) in [5.41, 5.74) is 1.46. The van der Waals surface area contributed by atoms with Crippen LogP contribution < -0.4 is 0 Å². The number of carboxylic acids is 2. The van der Waals surface area contributed by atoms with Crippen LogP contribution in [-0.2, 0) is 23.8 Å². The van der Waals surface area contributed by atoms with Crippen LogP contribution in [0.4, 0.5) is 0 Å². The molecule has 28 heavy (non-hydrogen) atoms. The van der Waals surface area contributed by atoms with Crippen molar-refractivity contribution in [2.75, 3.05) is 6.61 Å². The van der Waals surface area contributed by atoms with E-state index in [0.29, 0.717) is 56.4 Å². The number of hydrogen-bond donors (Lipinski definition) is 2. The van der Waals surface area contributed by atoms with Crippen molar-refractivity contribution in [2.45, 2.75) is 77.6 Å². The number of rotatable bonds is 7. The lowest BCUT2D eigenvalue weighted by atomic mass is 9.97. The highest BCUT2D eigenvalue weighted by Crippen LogP contribution is 2.36.